The van der Waals surface area contributed by atoms with Crippen molar-refractivity contribution in [1.82, 2.24) is 4.90 Å². The van der Waals surface area contributed by atoms with Gasteiger partial charge in [-0.05, 0) is 49.9 Å². The molecule has 0 fully saturated rings. The SMILES string of the molecule is CCOc1ccccc1/C=C1\Oc2c(cc3c(c2C)OCN(CCc2cccs2)C3)C1=O. The molecule has 0 unspecified atom stereocenters. The van der Waals surface area contributed by atoms with Crippen LogP contribution in [0.4, 0.5) is 0 Å². The zero-order chi connectivity index (χ0) is 22.1. The van der Waals surface area contributed by atoms with Gasteiger partial charge in [-0.2, -0.15) is 0 Å². The summed E-state index contributed by atoms with van der Waals surface area (Å²) in [6.45, 7) is 6.67. The number of carbonyl (C=O) groups excluding carboxylic acids is 1. The number of carbonyl (C=O) groups is 1. The van der Waals surface area contributed by atoms with Gasteiger partial charge < -0.3 is 14.2 Å². The lowest BCUT2D eigenvalue weighted by Gasteiger charge is -2.30. The van der Waals surface area contributed by atoms with E-state index in [1.807, 2.05) is 44.2 Å². The molecule has 2 aliphatic heterocycles. The van der Waals surface area contributed by atoms with Gasteiger partial charge in [0.1, 0.15) is 24.0 Å². The summed E-state index contributed by atoms with van der Waals surface area (Å²) in [4.78, 5) is 16.8. The van der Waals surface area contributed by atoms with Crippen LogP contribution in [0.15, 0.2) is 53.6 Å². The number of para-hydroxylation sites is 1. The summed E-state index contributed by atoms with van der Waals surface area (Å²) in [5.74, 6) is 2.37. The van der Waals surface area contributed by atoms with Crippen molar-refractivity contribution in [2.75, 3.05) is 19.9 Å². The molecule has 1 aromatic heterocycles. The molecule has 0 saturated heterocycles. The molecule has 5 rings (SSSR count). The van der Waals surface area contributed by atoms with Crippen molar-refractivity contribution in [3.05, 3.63) is 80.7 Å². The van der Waals surface area contributed by atoms with Gasteiger partial charge in [-0.3, -0.25) is 9.69 Å². The zero-order valence-electron chi connectivity index (χ0n) is 18.2. The second-order valence-electron chi connectivity index (χ2n) is 7.93. The van der Waals surface area contributed by atoms with E-state index in [0.717, 1.165) is 47.7 Å². The van der Waals surface area contributed by atoms with E-state index in [-0.39, 0.29) is 5.78 Å². The highest BCUT2D eigenvalue weighted by Crippen LogP contribution is 2.43. The second-order valence-corrected chi connectivity index (χ2v) is 8.96. The normalized spacial score (nSPS) is 16.4. The maximum absolute atomic E-state index is 13.2. The van der Waals surface area contributed by atoms with Crippen molar-refractivity contribution in [2.45, 2.75) is 26.8 Å². The van der Waals surface area contributed by atoms with Crippen LogP contribution < -0.4 is 14.2 Å². The predicted molar refractivity (Wildman–Crippen MR) is 126 cm³/mol. The van der Waals surface area contributed by atoms with Gasteiger partial charge in [0.05, 0.1) is 12.2 Å². The van der Waals surface area contributed by atoms with E-state index in [4.69, 9.17) is 14.2 Å². The average Bonchev–Trinajstić information content (AvgIpc) is 3.43. The van der Waals surface area contributed by atoms with Gasteiger partial charge in [0.25, 0.3) is 0 Å². The number of hydrogen-bond donors (Lipinski definition) is 0. The van der Waals surface area contributed by atoms with Crippen LogP contribution in [0.1, 0.15) is 38.8 Å². The third-order valence-corrected chi connectivity index (χ3v) is 6.70. The lowest BCUT2D eigenvalue weighted by Crippen LogP contribution is -2.34. The third-order valence-electron chi connectivity index (χ3n) is 5.76. The van der Waals surface area contributed by atoms with Crippen molar-refractivity contribution in [3.8, 4) is 17.2 Å². The maximum Gasteiger partial charge on any atom is 0.231 e. The van der Waals surface area contributed by atoms with Crippen LogP contribution in [0.2, 0.25) is 0 Å². The summed E-state index contributed by atoms with van der Waals surface area (Å²) < 4.78 is 17.8. The van der Waals surface area contributed by atoms with Crippen LogP contribution >= 0.6 is 11.3 Å². The Morgan fingerprint density at radius 1 is 1.19 bits per heavy atom. The number of thiophene rings is 1. The molecular weight excluding hydrogens is 422 g/mol. The Labute approximate surface area is 191 Å². The molecule has 3 aromatic rings. The molecule has 0 atom stereocenters. The minimum absolute atomic E-state index is 0.104. The Morgan fingerprint density at radius 3 is 2.88 bits per heavy atom. The van der Waals surface area contributed by atoms with E-state index >= 15 is 0 Å². The topological polar surface area (TPSA) is 48.0 Å². The molecule has 5 nitrogen and oxygen atoms in total. The maximum atomic E-state index is 13.2. The molecule has 0 bridgehead atoms. The summed E-state index contributed by atoms with van der Waals surface area (Å²) >= 11 is 1.78. The number of Topliss-reactive ketones (excluding diaryl/α,β-unsaturated/α-hetero) is 1. The average molecular weight is 448 g/mol. The van der Waals surface area contributed by atoms with Gasteiger partial charge in [0.2, 0.25) is 5.78 Å². The summed E-state index contributed by atoms with van der Waals surface area (Å²) in [7, 11) is 0. The zero-order valence-corrected chi connectivity index (χ0v) is 19.0. The third kappa shape index (κ3) is 3.92. The molecule has 0 N–H and O–H groups in total. The number of benzene rings is 2. The minimum Gasteiger partial charge on any atom is -0.493 e. The smallest absolute Gasteiger partial charge is 0.231 e. The highest BCUT2D eigenvalue weighted by Gasteiger charge is 2.33. The molecule has 0 saturated carbocycles. The van der Waals surface area contributed by atoms with E-state index in [1.165, 1.54) is 4.88 Å². The monoisotopic (exact) mass is 447 g/mol. The van der Waals surface area contributed by atoms with E-state index in [2.05, 4.69) is 22.4 Å². The molecule has 0 amide bonds. The predicted octanol–water partition coefficient (Wildman–Crippen LogP) is 5.47. The van der Waals surface area contributed by atoms with Gasteiger partial charge in [-0.1, -0.05) is 24.3 Å². The number of ketones is 1. The standard InChI is InChI=1S/C26H25NO4S/c1-3-29-22-9-5-4-7-18(22)14-23-24(28)21-13-19-15-27(11-10-20-8-6-12-32-20)16-30-25(19)17(2)26(21)31-23/h4-9,12-14H,3,10-11,15-16H2,1-2H3/b23-14-. The summed E-state index contributed by atoms with van der Waals surface area (Å²) in [6.07, 6.45) is 2.76. The van der Waals surface area contributed by atoms with Gasteiger partial charge in [-0.25, -0.2) is 0 Å². The van der Waals surface area contributed by atoms with E-state index in [9.17, 15) is 4.79 Å². The van der Waals surface area contributed by atoms with Crippen molar-refractivity contribution < 1.29 is 19.0 Å². The molecular formula is C26H25NO4S. The molecule has 2 aromatic carbocycles. The molecule has 32 heavy (non-hydrogen) atoms. The van der Waals surface area contributed by atoms with Crippen LogP contribution in [-0.4, -0.2) is 30.6 Å². The fourth-order valence-corrected chi connectivity index (χ4v) is 4.89. The minimum atomic E-state index is -0.104. The lowest BCUT2D eigenvalue weighted by molar-refractivity contribution is 0.0956. The summed E-state index contributed by atoms with van der Waals surface area (Å²) in [5, 5.41) is 2.10. The highest BCUT2D eigenvalue weighted by molar-refractivity contribution is 7.09. The van der Waals surface area contributed by atoms with Crippen molar-refractivity contribution in [2.24, 2.45) is 0 Å². The molecule has 0 radical (unpaired) electrons. The largest absolute Gasteiger partial charge is 0.493 e. The molecule has 164 valence electrons. The fourth-order valence-electron chi connectivity index (χ4n) is 4.19. The van der Waals surface area contributed by atoms with Crippen LogP contribution in [0.25, 0.3) is 6.08 Å². The van der Waals surface area contributed by atoms with Crippen LogP contribution in [0.5, 0.6) is 17.2 Å². The number of nitrogens with zero attached hydrogens (tertiary/aromatic N) is 1. The Balaban J connectivity index is 1.39. The van der Waals surface area contributed by atoms with E-state index < -0.39 is 0 Å². The second kappa shape index (κ2) is 8.81. The molecule has 0 aliphatic carbocycles. The Bertz CT molecular complexity index is 1180. The number of rotatable bonds is 6. The highest BCUT2D eigenvalue weighted by atomic mass is 32.1. The first-order valence-electron chi connectivity index (χ1n) is 10.8. The van der Waals surface area contributed by atoms with Gasteiger partial charge >= 0.3 is 0 Å². The van der Waals surface area contributed by atoms with Gasteiger partial charge in [0, 0.05) is 34.7 Å². The van der Waals surface area contributed by atoms with E-state index in [1.54, 1.807) is 17.4 Å². The molecule has 6 heteroatoms. The summed E-state index contributed by atoms with van der Waals surface area (Å²) in [6, 6.07) is 13.8. The summed E-state index contributed by atoms with van der Waals surface area (Å²) in [5.41, 5.74) is 3.34. The van der Waals surface area contributed by atoms with Crippen molar-refractivity contribution in [1.29, 1.82) is 0 Å². The van der Waals surface area contributed by atoms with Crippen LogP contribution in [-0.2, 0) is 13.0 Å². The van der Waals surface area contributed by atoms with Crippen molar-refractivity contribution >= 4 is 23.2 Å². The van der Waals surface area contributed by atoms with Crippen molar-refractivity contribution in [3.63, 3.8) is 0 Å². The fraction of sp³-hybridized carbons (Fsp3) is 0.269. The molecule has 2 aliphatic rings. The van der Waals surface area contributed by atoms with Crippen LogP contribution in [0.3, 0.4) is 0 Å². The van der Waals surface area contributed by atoms with Gasteiger partial charge in [-0.15, -0.1) is 11.3 Å². The number of fused-ring (bicyclic) bond motifs is 2. The Morgan fingerprint density at radius 2 is 2.06 bits per heavy atom. The quantitative estimate of drug-likeness (QED) is 0.469. The number of allylic oxidation sites excluding steroid dienone is 1. The lowest BCUT2D eigenvalue weighted by atomic mass is 10.00. The van der Waals surface area contributed by atoms with Crippen LogP contribution in [0, 0.1) is 6.92 Å². The first-order chi connectivity index (χ1) is 15.6. The Hall–Kier alpha value is -3.09. The van der Waals surface area contributed by atoms with E-state index in [0.29, 0.717) is 30.4 Å². The first-order valence-corrected chi connectivity index (χ1v) is 11.7. The molecule has 3 heterocycles. The number of ether oxygens (including phenoxy) is 3. The molecule has 0 spiro atoms. The first kappa shape index (κ1) is 20.8. The number of hydrogen-bond acceptors (Lipinski definition) is 6. The van der Waals surface area contributed by atoms with Gasteiger partial charge in [0.15, 0.2) is 5.76 Å². The Kier molecular flexibility index (Phi) is 5.72.